The lowest BCUT2D eigenvalue weighted by Gasteiger charge is -2.32. The number of fused-ring (bicyclic) bond motifs is 1. The lowest BCUT2D eigenvalue weighted by molar-refractivity contribution is 0.102. The number of nitrogens with one attached hydrogen (secondary N) is 2. The van der Waals surface area contributed by atoms with E-state index >= 15 is 0 Å². The van der Waals surface area contributed by atoms with Gasteiger partial charge in [0.2, 0.25) is 0 Å². The molecule has 1 aromatic heterocycles. The molecule has 0 radical (unpaired) electrons. The van der Waals surface area contributed by atoms with E-state index in [1.807, 2.05) is 20.8 Å². The van der Waals surface area contributed by atoms with Crippen molar-refractivity contribution in [2.45, 2.75) is 33.7 Å². The maximum absolute atomic E-state index is 14.7. The van der Waals surface area contributed by atoms with Crippen molar-refractivity contribution < 1.29 is 14.0 Å². The van der Waals surface area contributed by atoms with Gasteiger partial charge in [0.15, 0.2) is 5.82 Å². The zero-order valence-electron chi connectivity index (χ0n) is 19.4. The van der Waals surface area contributed by atoms with Crippen LogP contribution in [0.4, 0.5) is 20.8 Å². The van der Waals surface area contributed by atoms with Gasteiger partial charge < -0.3 is 15.1 Å². The van der Waals surface area contributed by atoms with E-state index in [0.29, 0.717) is 26.1 Å². The molecule has 1 aliphatic heterocycles. The van der Waals surface area contributed by atoms with Gasteiger partial charge in [0.1, 0.15) is 17.5 Å². The Morgan fingerprint density at radius 3 is 2.70 bits per heavy atom. The van der Waals surface area contributed by atoms with Crippen LogP contribution in [0.15, 0.2) is 30.3 Å². The molecule has 2 heterocycles. The number of urea groups is 1. The first kappa shape index (κ1) is 24.1. The third-order valence-electron chi connectivity index (χ3n) is 5.65. The number of anilines is 2. The van der Waals surface area contributed by atoms with Crippen molar-refractivity contribution in [3.8, 4) is 0 Å². The number of halogens is 1. The second-order valence-electron chi connectivity index (χ2n) is 8.31. The van der Waals surface area contributed by atoms with Crippen LogP contribution < -0.4 is 16.2 Å². The van der Waals surface area contributed by atoms with Crippen LogP contribution in [0.1, 0.15) is 42.3 Å². The zero-order valence-corrected chi connectivity index (χ0v) is 19.4. The van der Waals surface area contributed by atoms with Crippen LogP contribution in [0.3, 0.4) is 0 Å². The van der Waals surface area contributed by atoms with Crippen LogP contribution in [0, 0.1) is 17.1 Å². The van der Waals surface area contributed by atoms with Crippen molar-refractivity contribution >= 4 is 29.4 Å². The van der Waals surface area contributed by atoms with E-state index in [2.05, 4.69) is 10.3 Å². The summed E-state index contributed by atoms with van der Waals surface area (Å²) >= 11 is 0. The largest absolute Gasteiger partial charge is 0.328 e. The Morgan fingerprint density at radius 2 is 2.03 bits per heavy atom. The fraction of sp³-hybridized carbons (Fsp3) is 0.391. The van der Waals surface area contributed by atoms with Gasteiger partial charge in [-0.15, -0.1) is 0 Å². The van der Waals surface area contributed by atoms with Gasteiger partial charge in [-0.2, -0.15) is 0 Å². The van der Waals surface area contributed by atoms with Gasteiger partial charge in [0, 0.05) is 32.6 Å². The third-order valence-corrected chi connectivity index (χ3v) is 5.65. The summed E-state index contributed by atoms with van der Waals surface area (Å²) in [6, 6.07) is 7.58. The Morgan fingerprint density at radius 1 is 1.30 bits per heavy atom. The Bertz CT molecular complexity index is 1070. The third kappa shape index (κ3) is 5.28. The molecule has 0 atom stereocenters. The van der Waals surface area contributed by atoms with Gasteiger partial charge >= 0.3 is 6.03 Å². The molecule has 0 bridgehead atoms. The Labute approximate surface area is 192 Å². The number of hydrogen-bond donors (Lipinski definition) is 3. The summed E-state index contributed by atoms with van der Waals surface area (Å²) in [5.74, 6) is 5.20. The minimum absolute atomic E-state index is 0.0993. The summed E-state index contributed by atoms with van der Waals surface area (Å²) < 4.78 is 14.7. The average molecular weight is 456 g/mol. The average Bonchev–Trinajstić information content (AvgIpc) is 2.81. The van der Waals surface area contributed by atoms with Crippen LogP contribution in [0.5, 0.6) is 0 Å². The molecule has 3 amide bonds. The standard InChI is InChI=1S/C23H30FN7O2/c1-5-29(4)23(33)30-10-9-15-12-18(24)17(11-16(15)13-30)22(32)28-19-7-6-8-20(27-19)31(26)21(25)14(2)3/h6-8,11-12,14,25H,5,9-10,13,26H2,1-4H3,(H,27,28,32). The van der Waals surface area contributed by atoms with Gasteiger partial charge in [0.25, 0.3) is 5.91 Å². The summed E-state index contributed by atoms with van der Waals surface area (Å²) in [6.07, 6.45) is 0.523. The number of amidine groups is 1. The van der Waals surface area contributed by atoms with Gasteiger partial charge in [-0.1, -0.05) is 19.9 Å². The lowest BCUT2D eigenvalue weighted by atomic mass is 9.96. The number of benzene rings is 1. The second-order valence-corrected chi connectivity index (χ2v) is 8.31. The predicted octanol–water partition coefficient (Wildman–Crippen LogP) is 3.22. The summed E-state index contributed by atoms with van der Waals surface area (Å²) in [5, 5.41) is 11.8. The zero-order chi connectivity index (χ0) is 24.3. The number of hydrogen-bond acceptors (Lipinski definition) is 5. The van der Waals surface area contributed by atoms with Gasteiger partial charge in [-0.25, -0.2) is 25.0 Å². The van der Waals surface area contributed by atoms with Crippen molar-refractivity contribution in [2.75, 3.05) is 30.5 Å². The molecule has 4 N–H and O–H groups in total. The summed E-state index contributed by atoms with van der Waals surface area (Å²) in [6.45, 7) is 6.96. The molecule has 0 unspecified atom stereocenters. The van der Waals surface area contributed by atoms with Crippen molar-refractivity contribution in [3.63, 3.8) is 0 Å². The second kappa shape index (κ2) is 9.95. The molecular weight excluding hydrogens is 425 g/mol. The van der Waals surface area contributed by atoms with E-state index in [9.17, 15) is 14.0 Å². The quantitative estimate of drug-likeness (QED) is 0.277. The summed E-state index contributed by atoms with van der Waals surface area (Å²) in [7, 11) is 1.73. The molecule has 10 heteroatoms. The normalized spacial score (nSPS) is 12.9. The number of pyridine rings is 1. The Kier molecular flexibility index (Phi) is 7.27. The molecule has 3 rings (SSSR count). The molecule has 0 aliphatic carbocycles. The summed E-state index contributed by atoms with van der Waals surface area (Å²) in [5.41, 5.74) is 1.41. The molecule has 9 nitrogen and oxygen atoms in total. The van der Waals surface area contributed by atoms with Crippen molar-refractivity contribution in [2.24, 2.45) is 11.8 Å². The van der Waals surface area contributed by atoms with Gasteiger partial charge in [0.05, 0.1) is 5.56 Å². The molecule has 1 aromatic carbocycles. The molecule has 1 aliphatic rings. The molecule has 0 fully saturated rings. The van der Waals surface area contributed by atoms with Crippen LogP contribution >= 0.6 is 0 Å². The smallest absolute Gasteiger partial charge is 0.320 e. The lowest BCUT2D eigenvalue weighted by Crippen LogP contribution is -2.43. The molecule has 2 aromatic rings. The first-order chi connectivity index (χ1) is 15.6. The topological polar surface area (TPSA) is 119 Å². The van der Waals surface area contributed by atoms with E-state index in [0.717, 1.165) is 16.1 Å². The van der Waals surface area contributed by atoms with Crippen molar-refractivity contribution in [1.29, 1.82) is 5.41 Å². The summed E-state index contributed by atoms with van der Waals surface area (Å²) in [4.78, 5) is 32.9. The molecule has 176 valence electrons. The number of rotatable bonds is 5. The fourth-order valence-electron chi connectivity index (χ4n) is 3.51. The van der Waals surface area contributed by atoms with Crippen LogP contribution in [0.25, 0.3) is 0 Å². The van der Waals surface area contributed by atoms with Crippen molar-refractivity contribution in [1.82, 2.24) is 14.8 Å². The van der Waals surface area contributed by atoms with E-state index in [4.69, 9.17) is 11.3 Å². The van der Waals surface area contributed by atoms with E-state index in [1.54, 1.807) is 35.0 Å². The van der Waals surface area contributed by atoms with Crippen LogP contribution in [-0.2, 0) is 13.0 Å². The van der Waals surface area contributed by atoms with Crippen LogP contribution in [-0.4, -0.2) is 52.7 Å². The fourth-order valence-corrected chi connectivity index (χ4v) is 3.51. The number of carbonyl (C=O) groups is 2. The van der Waals surface area contributed by atoms with Gasteiger partial charge in [-0.3, -0.25) is 10.2 Å². The number of nitrogens with zero attached hydrogens (tertiary/aromatic N) is 4. The number of amides is 3. The molecule has 0 saturated carbocycles. The maximum atomic E-state index is 14.7. The Hall–Kier alpha value is -3.53. The molecular formula is C23H30FN7O2. The van der Waals surface area contributed by atoms with E-state index in [1.165, 1.54) is 12.1 Å². The highest BCUT2D eigenvalue weighted by molar-refractivity contribution is 6.04. The highest BCUT2D eigenvalue weighted by Crippen LogP contribution is 2.24. The van der Waals surface area contributed by atoms with Crippen LogP contribution in [0.2, 0.25) is 0 Å². The highest BCUT2D eigenvalue weighted by atomic mass is 19.1. The SMILES string of the molecule is CCN(C)C(=O)N1CCc2cc(F)c(C(=O)Nc3cccc(N(N)C(=N)C(C)C)n3)cc2C1. The Balaban J connectivity index is 1.80. The minimum atomic E-state index is -0.656. The maximum Gasteiger partial charge on any atom is 0.320 e. The molecule has 0 saturated heterocycles. The first-order valence-corrected chi connectivity index (χ1v) is 10.8. The first-order valence-electron chi connectivity index (χ1n) is 10.8. The minimum Gasteiger partial charge on any atom is -0.328 e. The molecule has 33 heavy (non-hydrogen) atoms. The molecule has 0 spiro atoms. The number of hydrazine groups is 1. The van der Waals surface area contributed by atoms with E-state index < -0.39 is 11.7 Å². The monoisotopic (exact) mass is 455 g/mol. The predicted molar refractivity (Wildman–Crippen MR) is 126 cm³/mol. The number of aromatic nitrogens is 1. The van der Waals surface area contributed by atoms with E-state index in [-0.39, 0.29) is 35.0 Å². The number of nitrogens with two attached hydrogens (primary N) is 1. The van der Waals surface area contributed by atoms with Gasteiger partial charge in [-0.05, 0) is 48.7 Å². The van der Waals surface area contributed by atoms with Crippen molar-refractivity contribution in [3.05, 3.63) is 52.8 Å². The number of carbonyl (C=O) groups excluding carboxylic acids is 2. The highest BCUT2D eigenvalue weighted by Gasteiger charge is 2.25.